The third kappa shape index (κ3) is 4.68. The highest BCUT2D eigenvalue weighted by molar-refractivity contribution is 5.79. The lowest BCUT2D eigenvalue weighted by atomic mass is 10.2. The van der Waals surface area contributed by atoms with Gasteiger partial charge in [0.1, 0.15) is 0 Å². The standard InChI is InChI=1S/C7H12O5/c1-2-3-12-5(7(10)11)4-6(8)9/h5H,2-4H2,1H3,(H,8,9)(H,10,11). The van der Waals surface area contributed by atoms with E-state index >= 15 is 0 Å². The molecule has 5 heteroatoms. The molecule has 5 nitrogen and oxygen atoms in total. The minimum Gasteiger partial charge on any atom is -0.481 e. The van der Waals surface area contributed by atoms with E-state index in [1.807, 2.05) is 6.92 Å². The molecule has 0 aromatic heterocycles. The van der Waals surface area contributed by atoms with Crippen molar-refractivity contribution < 1.29 is 24.5 Å². The van der Waals surface area contributed by atoms with E-state index in [4.69, 9.17) is 14.9 Å². The van der Waals surface area contributed by atoms with Crippen LogP contribution in [-0.4, -0.2) is 34.9 Å². The summed E-state index contributed by atoms with van der Waals surface area (Å²) in [5.41, 5.74) is 0. The fourth-order valence-corrected chi connectivity index (χ4v) is 0.636. The Bertz CT molecular complexity index is 165. The van der Waals surface area contributed by atoms with Crippen molar-refractivity contribution in [3.8, 4) is 0 Å². The lowest BCUT2D eigenvalue weighted by molar-refractivity contribution is -0.156. The van der Waals surface area contributed by atoms with Crippen molar-refractivity contribution in [3.05, 3.63) is 0 Å². The molecule has 0 saturated heterocycles. The van der Waals surface area contributed by atoms with Crippen LogP contribution in [-0.2, 0) is 14.3 Å². The highest BCUT2D eigenvalue weighted by Crippen LogP contribution is 1.99. The average Bonchev–Trinajstić information content (AvgIpc) is 1.96. The molecular formula is C7H12O5. The normalized spacial score (nSPS) is 12.4. The summed E-state index contributed by atoms with van der Waals surface area (Å²) in [6.07, 6.45) is -1.04. The molecule has 0 radical (unpaired) electrons. The Kier molecular flexibility index (Phi) is 5.03. The molecule has 1 unspecified atom stereocenters. The number of hydrogen-bond acceptors (Lipinski definition) is 3. The second kappa shape index (κ2) is 5.54. The molecule has 0 amide bonds. The first-order valence-corrected chi connectivity index (χ1v) is 3.64. The lowest BCUT2D eigenvalue weighted by Crippen LogP contribution is -2.27. The van der Waals surface area contributed by atoms with Gasteiger partial charge in [-0.25, -0.2) is 4.79 Å². The van der Waals surface area contributed by atoms with E-state index in [0.717, 1.165) is 0 Å². The van der Waals surface area contributed by atoms with Gasteiger partial charge in [-0.2, -0.15) is 0 Å². The highest BCUT2D eigenvalue weighted by Gasteiger charge is 2.20. The molecule has 1 atom stereocenters. The van der Waals surface area contributed by atoms with Gasteiger partial charge in [0.2, 0.25) is 0 Å². The second-order valence-corrected chi connectivity index (χ2v) is 2.30. The van der Waals surface area contributed by atoms with Gasteiger partial charge in [-0.05, 0) is 6.42 Å². The van der Waals surface area contributed by atoms with Crippen LogP contribution in [0.4, 0.5) is 0 Å². The Morgan fingerprint density at radius 2 is 2.00 bits per heavy atom. The van der Waals surface area contributed by atoms with Crippen LogP contribution in [0.1, 0.15) is 19.8 Å². The van der Waals surface area contributed by atoms with Gasteiger partial charge in [0.05, 0.1) is 6.42 Å². The number of ether oxygens (including phenoxy) is 1. The summed E-state index contributed by atoms with van der Waals surface area (Å²) in [5.74, 6) is -2.40. The van der Waals surface area contributed by atoms with Gasteiger partial charge in [0.25, 0.3) is 0 Å². The summed E-state index contributed by atoms with van der Waals surface area (Å²) >= 11 is 0. The van der Waals surface area contributed by atoms with Crippen LogP contribution in [0.2, 0.25) is 0 Å². The lowest BCUT2D eigenvalue weighted by Gasteiger charge is -2.09. The molecule has 0 bridgehead atoms. The molecule has 0 rings (SSSR count). The number of carbonyl (C=O) groups is 2. The fraction of sp³-hybridized carbons (Fsp3) is 0.714. The topological polar surface area (TPSA) is 83.8 Å². The zero-order valence-corrected chi connectivity index (χ0v) is 6.82. The zero-order chi connectivity index (χ0) is 9.56. The van der Waals surface area contributed by atoms with E-state index in [2.05, 4.69) is 0 Å². The Hall–Kier alpha value is -1.10. The quantitative estimate of drug-likeness (QED) is 0.609. The Balaban J connectivity index is 3.87. The predicted octanol–water partition coefficient (Wildman–Crippen LogP) is 0.341. The first-order chi connectivity index (χ1) is 5.57. The maximum atomic E-state index is 10.4. The highest BCUT2D eigenvalue weighted by atomic mass is 16.5. The summed E-state index contributed by atoms with van der Waals surface area (Å²) < 4.78 is 4.78. The van der Waals surface area contributed by atoms with Crippen LogP contribution in [0.3, 0.4) is 0 Å². The minimum atomic E-state index is -1.23. The molecule has 0 aliphatic rings. The summed E-state index contributed by atoms with van der Waals surface area (Å²) in [6.45, 7) is 2.09. The van der Waals surface area contributed by atoms with Gasteiger partial charge in [0, 0.05) is 6.61 Å². The summed E-state index contributed by atoms with van der Waals surface area (Å²) in [6, 6.07) is 0. The molecule has 0 aromatic rings. The van der Waals surface area contributed by atoms with Crippen molar-refractivity contribution in [2.24, 2.45) is 0 Å². The molecule has 2 N–H and O–H groups in total. The van der Waals surface area contributed by atoms with Gasteiger partial charge >= 0.3 is 11.9 Å². The average molecular weight is 176 g/mol. The number of carboxylic acid groups (broad SMARTS) is 2. The molecule has 12 heavy (non-hydrogen) atoms. The third-order valence-electron chi connectivity index (χ3n) is 1.16. The number of carboxylic acids is 2. The third-order valence-corrected chi connectivity index (χ3v) is 1.16. The molecule has 70 valence electrons. The molecular weight excluding hydrogens is 164 g/mol. The van der Waals surface area contributed by atoms with Crippen LogP contribution in [0, 0.1) is 0 Å². The van der Waals surface area contributed by atoms with E-state index in [-0.39, 0.29) is 6.61 Å². The van der Waals surface area contributed by atoms with Crippen LogP contribution in [0.15, 0.2) is 0 Å². The molecule has 0 aliphatic carbocycles. The maximum absolute atomic E-state index is 10.4. The van der Waals surface area contributed by atoms with Crippen molar-refractivity contribution in [1.82, 2.24) is 0 Å². The zero-order valence-electron chi connectivity index (χ0n) is 6.82. The molecule has 0 heterocycles. The monoisotopic (exact) mass is 176 g/mol. The summed E-state index contributed by atoms with van der Waals surface area (Å²) in [4.78, 5) is 20.5. The van der Waals surface area contributed by atoms with Gasteiger partial charge in [-0.15, -0.1) is 0 Å². The van der Waals surface area contributed by atoms with Crippen molar-refractivity contribution >= 4 is 11.9 Å². The molecule has 0 aliphatic heterocycles. The van der Waals surface area contributed by atoms with E-state index in [1.54, 1.807) is 0 Å². The predicted molar refractivity (Wildman–Crippen MR) is 39.9 cm³/mol. The van der Waals surface area contributed by atoms with E-state index < -0.39 is 24.5 Å². The SMILES string of the molecule is CCCOC(CC(=O)O)C(=O)O. The van der Waals surface area contributed by atoms with Crippen molar-refractivity contribution in [2.45, 2.75) is 25.9 Å². The molecule has 0 spiro atoms. The number of rotatable bonds is 6. The summed E-state index contributed by atoms with van der Waals surface area (Å²) in [5, 5.41) is 16.7. The Morgan fingerprint density at radius 1 is 1.42 bits per heavy atom. The first kappa shape index (κ1) is 10.9. The molecule has 0 aromatic carbocycles. The van der Waals surface area contributed by atoms with Crippen LogP contribution >= 0.6 is 0 Å². The first-order valence-electron chi connectivity index (χ1n) is 3.64. The van der Waals surface area contributed by atoms with Crippen molar-refractivity contribution in [3.63, 3.8) is 0 Å². The molecule has 0 fully saturated rings. The maximum Gasteiger partial charge on any atom is 0.333 e. The largest absolute Gasteiger partial charge is 0.481 e. The van der Waals surface area contributed by atoms with Gasteiger partial charge in [-0.3, -0.25) is 4.79 Å². The Morgan fingerprint density at radius 3 is 2.33 bits per heavy atom. The van der Waals surface area contributed by atoms with Gasteiger partial charge in [0.15, 0.2) is 6.10 Å². The number of aliphatic carboxylic acids is 2. The molecule has 0 saturated carbocycles. The van der Waals surface area contributed by atoms with Crippen LogP contribution in [0.5, 0.6) is 0 Å². The van der Waals surface area contributed by atoms with E-state index in [0.29, 0.717) is 6.42 Å². The van der Waals surface area contributed by atoms with Gasteiger partial charge < -0.3 is 14.9 Å². The number of hydrogen-bond donors (Lipinski definition) is 2. The minimum absolute atomic E-state index is 0.268. The van der Waals surface area contributed by atoms with Gasteiger partial charge in [-0.1, -0.05) is 6.92 Å². The second-order valence-electron chi connectivity index (χ2n) is 2.30. The van der Waals surface area contributed by atoms with Crippen molar-refractivity contribution in [1.29, 1.82) is 0 Å². The smallest absolute Gasteiger partial charge is 0.333 e. The van der Waals surface area contributed by atoms with Crippen molar-refractivity contribution in [2.75, 3.05) is 6.61 Å². The van der Waals surface area contributed by atoms with E-state index in [9.17, 15) is 9.59 Å². The van der Waals surface area contributed by atoms with Crippen LogP contribution < -0.4 is 0 Å². The van der Waals surface area contributed by atoms with Crippen LogP contribution in [0.25, 0.3) is 0 Å². The Labute approximate surface area is 70.0 Å². The van der Waals surface area contributed by atoms with E-state index in [1.165, 1.54) is 0 Å². The fourth-order valence-electron chi connectivity index (χ4n) is 0.636. The summed E-state index contributed by atoms with van der Waals surface area (Å²) in [7, 11) is 0.